The van der Waals surface area contributed by atoms with Crippen molar-refractivity contribution in [2.45, 2.75) is 6.54 Å². The van der Waals surface area contributed by atoms with E-state index in [0.29, 0.717) is 5.56 Å². The maximum absolute atomic E-state index is 11.3. The molecular weight excluding hydrogens is 196 g/mol. The molecule has 0 N–H and O–H groups in total. The van der Waals surface area contributed by atoms with E-state index < -0.39 is 5.97 Å². The van der Waals surface area contributed by atoms with E-state index in [9.17, 15) is 9.59 Å². The third-order valence-corrected chi connectivity index (χ3v) is 1.99. The predicted octanol–water partition coefficient (Wildman–Crippen LogP) is 0.363. The fraction of sp³-hybridized carbons (Fsp3) is 0.400. The van der Waals surface area contributed by atoms with Crippen LogP contribution in [-0.2, 0) is 16.1 Å². The van der Waals surface area contributed by atoms with Crippen LogP contribution in [0.3, 0.4) is 0 Å². The van der Waals surface area contributed by atoms with Crippen LogP contribution in [0.25, 0.3) is 0 Å². The van der Waals surface area contributed by atoms with E-state index in [2.05, 4.69) is 4.74 Å². The molecule has 5 nitrogen and oxygen atoms in total. The lowest BCUT2D eigenvalue weighted by Crippen LogP contribution is -2.25. The molecule has 82 valence electrons. The molecule has 0 fully saturated rings. The van der Waals surface area contributed by atoms with Gasteiger partial charge in [0.2, 0.25) is 5.91 Å². The van der Waals surface area contributed by atoms with Crippen LogP contribution in [0.5, 0.6) is 0 Å². The van der Waals surface area contributed by atoms with Crippen molar-refractivity contribution in [3.8, 4) is 0 Å². The monoisotopic (exact) mass is 210 g/mol. The normalized spacial score (nSPS) is 9.80. The standard InChI is InChI=1S/C10H14N2O3/c1-11(2)9(13)7-12-5-4-8(6-12)10(14)15-3/h4-6H,7H2,1-3H3. The summed E-state index contributed by atoms with van der Waals surface area (Å²) in [6.07, 6.45) is 3.26. The van der Waals surface area contributed by atoms with E-state index in [0.717, 1.165) is 0 Å². The largest absolute Gasteiger partial charge is 0.465 e. The molecule has 0 aliphatic rings. The molecule has 0 atom stereocenters. The van der Waals surface area contributed by atoms with Crippen LogP contribution in [0.1, 0.15) is 10.4 Å². The Balaban J connectivity index is 2.69. The van der Waals surface area contributed by atoms with Crippen LogP contribution in [0, 0.1) is 0 Å². The van der Waals surface area contributed by atoms with Gasteiger partial charge in [0, 0.05) is 26.5 Å². The van der Waals surface area contributed by atoms with Crippen molar-refractivity contribution in [2.24, 2.45) is 0 Å². The molecule has 5 heteroatoms. The number of rotatable bonds is 3. The quantitative estimate of drug-likeness (QED) is 0.677. The summed E-state index contributed by atoms with van der Waals surface area (Å²) in [5.41, 5.74) is 0.448. The van der Waals surface area contributed by atoms with Gasteiger partial charge in [-0.1, -0.05) is 0 Å². The molecule has 0 spiro atoms. The molecule has 1 rings (SSSR count). The van der Waals surface area contributed by atoms with Gasteiger partial charge in [-0.2, -0.15) is 0 Å². The molecule has 0 aromatic carbocycles. The molecule has 15 heavy (non-hydrogen) atoms. The summed E-state index contributed by atoms with van der Waals surface area (Å²) in [7, 11) is 4.70. The van der Waals surface area contributed by atoms with Crippen LogP contribution in [0.15, 0.2) is 18.5 Å². The molecule has 0 radical (unpaired) electrons. The van der Waals surface area contributed by atoms with Crippen LogP contribution in [0.2, 0.25) is 0 Å². The second kappa shape index (κ2) is 4.63. The van der Waals surface area contributed by atoms with E-state index >= 15 is 0 Å². The molecule has 0 aliphatic carbocycles. The lowest BCUT2D eigenvalue weighted by molar-refractivity contribution is -0.129. The SMILES string of the molecule is COC(=O)c1ccn(CC(=O)N(C)C)c1. The van der Waals surface area contributed by atoms with Crippen molar-refractivity contribution >= 4 is 11.9 Å². The molecule has 0 saturated carbocycles. The molecule has 0 aliphatic heterocycles. The minimum atomic E-state index is -0.397. The Morgan fingerprint density at radius 2 is 2.13 bits per heavy atom. The second-order valence-electron chi connectivity index (χ2n) is 3.35. The number of aromatic nitrogens is 1. The highest BCUT2D eigenvalue weighted by Gasteiger charge is 2.09. The van der Waals surface area contributed by atoms with E-state index in [1.165, 1.54) is 12.0 Å². The highest BCUT2D eigenvalue weighted by atomic mass is 16.5. The van der Waals surface area contributed by atoms with E-state index in [1.54, 1.807) is 37.1 Å². The zero-order valence-electron chi connectivity index (χ0n) is 9.06. The fourth-order valence-electron chi connectivity index (χ4n) is 1.08. The van der Waals surface area contributed by atoms with Crippen LogP contribution >= 0.6 is 0 Å². The van der Waals surface area contributed by atoms with Gasteiger partial charge in [0.15, 0.2) is 0 Å². The zero-order chi connectivity index (χ0) is 11.4. The Hall–Kier alpha value is -1.78. The molecule has 1 amide bonds. The summed E-state index contributed by atoms with van der Waals surface area (Å²) < 4.78 is 6.20. The van der Waals surface area contributed by atoms with Gasteiger partial charge >= 0.3 is 5.97 Å². The lowest BCUT2D eigenvalue weighted by atomic mass is 10.3. The number of hydrogen-bond donors (Lipinski definition) is 0. The Morgan fingerprint density at radius 3 is 2.67 bits per heavy atom. The van der Waals surface area contributed by atoms with Crippen molar-refractivity contribution in [1.82, 2.24) is 9.47 Å². The number of carbonyl (C=O) groups is 2. The minimum Gasteiger partial charge on any atom is -0.465 e. The third kappa shape index (κ3) is 2.83. The van der Waals surface area contributed by atoms with Gasteiger partial charge in [0.1, 0.15) is 6.54 Å². The summed E-state index contributed by atoms with van der Waals surface area (Å²) in [5.74, 6) is -0.423. The first kappa shape index (κ1) is 11.3. The van der Waals surface area contributed by atoms with Crippen LogP contribution < -0.4 is 0 Å². The average molecular weight is 210 g/mol. The minimum absolute atomic E-state index is 0.0259. The first-order chi connectivity index (χ1) is 7.04. The maximum Gasteiger partial charge on any atom is 0.339 e. The predicted molar refractivity (Wildman–Crippen MR) is 54.5 cm³/mol. The van der Waals surface area contributed by atoms with Crippen molar-refractivity contribution in [3.63, 3.8) is 0 Å². The van der Waals surface area contributed by atoms with E-state index in [-0.39, 0.29) is 12.5 Å². The Labute approximate surface area is 88.2 Å². The van der Waals surface area contributed by atoms with Gasteiger partial charge in [-0.25, -0.2) is 4.79 Å². The third-order valence-electron chi connectivity index (χ3n) is 1.99. The Bertz CT molecular complexity index is 368. The lowest BCUT2D eigenvalue weighted by Gasteiger charge is -2.10. The number of hydrogen-bond acceptors (Lipinski definition) is 3. The molecule has 1 aromatic heterocycles. The van der Waals surface area contributed by atoms with Gasteiger partial charge in [0.25, 0.3) is 0 Å². The number of carbonyl (C=O) groups excluding carboxylic acids is 2. The summed E-state index contributed by atoms with van der Waals surface area (Å²) in [6.45, 7) is 0.226. The molecule has 0 saturated heterocycles. The van der Waals surface area contributed by atoms with Crippen molar-refractivity contribution in [2.75, 3.05) is 21.2 Å². The fourth-order valence-corrected chi connectivity index (χ4v) is 1.08. The number of esters is 1. The van der Waals surface area contributed by atoms with Gasteiger partial charge < -0.3 is 14.2 Å². The smallest absolute Gasteiger partial charge is 0.339 e. The number of nitrogens with zero attached hydrogens (tertiary/aromatic N) is 2. The van der Waals surface area contributed by atoms with Crippen LogP contribution in [0.4, 0.5) is 0 Å². The number of likely N-dealkylation sites (N-methyl/N-ethyl adjacent to an activating group) is 1. The summed E-state index contributed by atoms with van der Waals surface area (Å²) in [6, 6.07) is 1.62. The first-order valence-electron chi connectivity index (χ1n) is 4.49. The maximum atomic E-state index is 11.3. The second-order valence-corrected chi connectivity index (χ2v) is 3.35. The molecular formula is C10H14N2O3. The van der Waals surface area contributed by atoms with E-state index in [4.69, 9.17) is 0 Å². The summed E-state index contributed by atoms with van der Waals surface area (Å²) in [4.78, 5) is 24.0. The molecule has 1 heterocycles. The number of ether oxygens (including phenoxy) is 1. The Morgan fingerprint density at radius 1 is 1.47 bits per heavy atom. The Kier molecular flexibility index (Phi) is 3.49. The highest BCUT2D eigenvalue weighted by molar-refractivity contribution is 5.89. The zero-order valence-corrected chi connectivity index (χ0v) is 9.06. The summed E-state index contributed by atoms with van der Waals surface area (Å²) >= 11 is 0. The van der Waals surface area contributed by atoms with E-state index in [1.807, 2.05) is 0 Å². The highest BCUT2D eigenvalue weighted by Crippen LogP contribution is 2.03. The van der Waals surface area contributed by atoms with Gasteiger partial charge in [-0.05, 0) is 6.07 Å². The van der Waals surface area contributed by atoms with Crippen molar-refractivity contribution in [1.29, 1.82) is 0 Å². The summed E-state index contributed by atoms with van der Waals surface area (Å²) in [5, 5.41) is 0. The topological polar surface area (TPSA) is 51.5 Å². The number of methoxy groups -OCH3 is 1. The van der Waals surface area contributed by atoms with Gasteiger partial charge in [-0.15, -0.1) is 0 Å². The number of amides is 1. The van der Waals surface area contributed by atoms with Crippen molar-refractivity contribution in [3.05, 3.63) is 24.0 Å². The molecule has 0 bridgehead atoms. The van der Waals surface area contributed by atoms with Gasteiger partial charge in [0.05, 0.1) is 12.7 Å². The molecule has 1 aromatic rings. The van der Waals surface area contributed by atoms with Crippen molar-refractivity contribution < 1.29 is 14.3 Å². The first-order valence-corrected chi connectivity index (χ1v) is 4.49. The van der Waals surface area contributed by atoms with Crippen LogP contribution in [-0.4, -0.2) is 42.5 Å². The van der Waals surface area contributed by atoms with Gasteiger partial charge in [-0.3, -0.25) is 4.79 Å². The average Bonchev–Trinajstić information content (AvgIpc) is 2.65. The molecule has 0 unspecified atom stereocenters.